The van der Waals surface area contributed by atoms with E-state index >= 15 is 0 Å². The average molecular weight is 421 g/mol. The summed E-state index contributed by atoms with van der Waals surface area (Å²) in [6.07, 6.45) is 1.48. The summed E-state index contributed by atoms with van der Waals surface area (Å²) < 4.78 is 21.8. The van der Waals surface area contributed by atoms with Gasteiger partial charge in [0.05, 0.1) is 38.2 Å². The van der Waals surface area contributed by atoms with Gasteiger partial charge in [0.15, 0.2) is 23.0 Å². The Hall–Kier alpha value is -2.93. The molecule has 0 radical (unpaired) electrons. The average Bonchev–Trinajstić information content (AvgIpc) is 2.71. The molecule has 2 aromatic carbocycles. The summed E-state index contributed by atoms with van der Waals surface area (Å²) in [5.41, 5.74) is 3.53. The van der Waals surface area contributed by atoms with E-state index < -0.39 is 0 Å². The quantitative estimate of drug-likeness (QED) is 0.457. The molecule has 0 spiro atoms. The number of hydrogen-bond acceptors (Lipinski definition) is 6. The second-order valence-corrected chi connectivity index (χ2v) is 6.10. The maximum absolute atomic E-state index is 12.4. The van der Waals surface area contributed by atoms with Crippen molar-refractivity contribution in [1.29, 1.82) is 0 Å². The molecular weight excluding hydrogens is 396 g/mol. The van der Waals surface area contributed by atoms with Gasteiger partial charge in [-0.15, -0.1) is 0 Å². The van der Waals surface area contributed by atoms with Crippen LogP contribution in [0.3, 0.4) is 0 Å². The third-order valence-electron chi connectivity index (χ3n) is 3.73. The van der Waals surface area contributed by atoms with Gasteiger partial charge >= 0.3 is 0 Å². The van der Waals surface area contributed by atoms with Crippen molar-refractivity contribution >= 4 is 23.7 Å². The van der Waals surface area contributed by atoms with Crippen LogP contribution in [-0.2, 0) is 0 Å². The Labute approximate surface area is 175 Å². The number of ether oxygens (including phenoxy) is 4. The number of hydrazone groups is 1. The van der Waals surface area contributed by atoms with Gasteiger partial charge in [0, 0.05) is 5.56 Å². The maximum atomic E-state index is 12.4. The van der Waals surface area contributed by atoms with Crippen LogP contribution in [0.15, 0.2) is 35.4 Å². The molecule has 0 heterocycles. The highest BCUT2D eigenvalue weighted by atomic mass is 35.5. The SMILES string of the molecule is CCOc1ccc(C(=O)N/N=C/c2cc(Cl)c(OCC)c(OCC)c2)cc1OC. The van der Waals surface area contributed by atoms with E-state index in [2.05, 4.69) is 10.5 Å². The summed E-state index contributed by atoms with van der Waals surface area (Å²) in [4.78, 5) is 12.4. The summed E-state index contributed by atoms with van der Waals surface area (Å²) in [6, 6.07) is 8.35. The topological polar surface area (TPSA) is 78.4 Å². The van der Waals surface area contributed by atoms with E-state index in [4.69, 9.17) is 30.5 Å². The minimum atomic E-state index is -0.385. The van der Waals surface area contributed by atoms with E-state index in [0.29, 0.717) is 59.0 Å². The number of carbonyl (C=O) groups is 1. The largest absolute Gasteiger partial charge is 0.493 e. The molecule has 7 nitrogen and oxygen atoms in total. The minimum absolute atomic E-state index is 0.385. The lowest BCUT2D eigenvalue weighted by molar-refractivity contribution is 0.0954. The molecule has 0 aromatic heterocycles. The Kier molecular flexibility index (Phi) is 8.61. The van der Waals surface area contributed by atoms with Gasteiger partial charge in [-0.05, 0) is 56.7 Å². The molecule has 1 N–H and O–H groups in total. The van der Waals surface area contributed by atoms with Crippen LogP contribution >= 0.6 is 11.6 Å². The standard InChI is InChI=1S/C21H25ClN2O5/c1-5-27-17-9-8-15(12-18(17)26-4)21(25)24-23-13-14-10-16(22)20(29-7-3)19(11-14)28-6-2/h8-13H,5-7H2,1-4H3,(H,24,25)/b23-13+. The first-order valence-corrected chi connectivity index (χ1v) is 9.65. The van der Waals surface area contributed by atoms with Crippen LogP contribution in [0.1, 0.15) is 36.7 Å². The van der Waals surface area contributed by atoms with Crippen LogP contribution in [0.5, 0.6) is 23.0 Å². The van der Waals surface area contributed by atoms with Crippen molar-refractivity contribution in [3.8, 4) is 23.0 Å². The smallest absolute Gasteiger partial charge is 0.271 e. The Bertz CT molecular complexity index is 870. The Morgan fingerprint density at radius 2 is 1.69 bits per heavy atom. The Balaban J connectivity index is 2.13. The van der Waals surface area contributed by atoms with Crippen LogP contribution < -0.4 is 24.4 Å². The third kappa shape index (κ3) is 6.02. The van der Waals surface area contributed by atoms with Gasteiger partial charge in [-0.2, -0.15) is 5.10 Å². The van der Waals surface area contributed by atoms with Gasteiger partial charge in [0.2, 0.25) is 0 Å². The summed E-state index contributed by atoms with van der Waals surface area (Å²) >= 11 is 6.28. The fraction of sp³-hybridized carbons (Fsp3) is 0.333. The number of benzene rings is 2. The van der Waals surface area contributed by atoms with Crippen molar-refractivity contribution in [2.45, 2.75) is 20.8 Å². The van der Waals surface area contributed by atoms with Crippen molar-refractivity contribution in [3.63, 3.8) is 0 Å². The van der Waals surface area contributed by atoms with E-state index in [1.54, 1.807) is 30.3 Å². The van der Waals surface area contributed by atoms with Gasteiger partial charge in [0.1, 0.15) is 0 Å². The molecule has 2 rings (SSSR count). The van der Waals surface area contributed by atoms with Crippen molar-refractivity contribution in [3.05, 3.63) is 46.5 Å². The predicted octanol–water partition coefficient (Wildman–Crippen LogP) is 4.31. The number of amides is 1. The number of hydrogen-bond donors (Lipinski definition) is 1. The lowest BCUT2D eigenvalue weighted by Crippen LogP contribution is -2.17. The number of halogens is 1. The zero-order valence-corrected chi connectivity index (χ0v) is 17.7. The van der Waals surface area contributed by atoms with Crippen molar-refractivity contribution in [2.24, 2.45) is 5.10 Å². The number of nitrogens with one attached hydrogen (secondary N) is 1. The van der Waals surface area contributed by atoms with E-state index in [1.165, 1.54) is 13.3 Å². The third-order valence-corrected chi connectivity index (χ3v) is 4.01. The first kappa shape index (κ1) is 22.4. The highest BCUT2D eigenvalue weighted by Crippen LogP contribution is 2.36. The lowest BCUT2D eigenvalue weighted by atomic mass is 10.2. The number of carbonyl (C=O) groups excluding carboxylic acids is 1. The Morgan fingerprint density at radius 3 is 2.34 bits per heavy atom. The monoisotopic (exact) mass is 420 g/mol. The second kappa shape index (κ2) is 11.2. The Morgan fingerprint density at radius 1 is 1.00 bits per heavy atom. The molecule has 0 bridgehead atoms. The molecule has 8 heteroatoms. The van der Waals surface area contributed by atoms with Gasteiger partial charge in [0.25, 0.3) is 5.91 Å². The lowest BCUT2D eigenvalue weighted by Gasteiger charge is -2.13. The predicted molar refractivity (Wildman–Crippen MR) is 113 cm³/mol. The zero-order valence-electron chi connectivity index (χ0n) is 17.0. The number of rotatable bonds is 10. The molecule has 1 amide bonds. The molecule has 0 saturated heterocycles. The summed E-state index contributed by atoms with van der Waals surface area (Å²) in [5, 5.41) is 4.40. The first-order chi connectivity index (χ1) is 14.0. The molecule has 0 aliphatic rings. The van der Waals surface area contributed by atoms with Crippen LogP contribution in [-0.4, -0.2) is 39.1 Å². The molecule has 0 atom stereocenters. The molecule has 0 aliphatic heterocycles. The van der Waals surface area contributed by atoms with Crippen LogP contribution in [0.2, 0.25) is 5.02 Å². The highest BCUT2D eigenvalue weighted by molar-refractivity contribution is 6.32. The van der Waals surface area contributed by atoms with Gasteiger partial charge in [-0.25, -0.2) is 5.43 Å². The fourth-order valence-electron chi connectivity index (χ4n) is 2.52. The molecule has 2 aromatic rings. The molecule has 0 saturated carbocycles. The van der Waals surface area contributed by atoms with E-state index in [1.807, 2.05) is 20.8 Å². The zero-order chi connectivity index (χ0) is 21.2. The number of methoxy groups -OCH3 is 1. The van der Waals surface area contributed by atoms with Crippen molar-refractivity contribution in [2.75, 3.05) is 26.9 Å². The maximum Gasteiger partial charge on any atom is 0.271 e. The highest BCUT2D eigenvalue weighted by Gasteiger charge is 2.12. The van der Waals surface area contributed by atoms with Gasteiger partial charge in [-0.3, -0.25) is 4.79 Å². The van der Waals surface area contributed by atoms with Gasteiger partial charge in [-0.1, -0.05) is 11.6 Å². The fourth-order valence-corrected chi connectivity index (χ4v) is 2.80. The first-order valence-electron chi connectivity index (χ1n) is 9.27. The summed E-state index contributed by atoms with van der Waals surface area (Å²) in [6.45, 7) is 7.05. The normalized spacial score (nSPS) is 10.7. The van der Waals surface area contributed by atoms with Crippen molar-refractivity contribution in [1.82, 2.24) is 5.43 Å². The molecule has 0 unspecified atom stereocenters. The summed E-state index contributed by atoms with van der Waals surface area (Å²) in [5.74, 6) is 1.67. The second-order valence-electron chi connectivity index (χ2n) is 5.69. The molecular formula is C21H25ClN2O5. The van der Waals surface area contributed by atoms with E-state index in [-0.39, 0.29) is 5.91 Å². The molecule has 0 aliphatic carbocycles. The molecule has 29 heavy (non-hydrogen) atoms. The summed E-state index contributed by atoms with van der Waals surface area (Å²) in [7, 11) is 1.52. The molecule has 0 fully saturated rings. The molecule has 156 valence electrons. The van der Waals surface area contributed by atoms with Crippen LogP contribution in [0.4, 0.5) is 0 Å². The van der Waals surface area contributed by atoms with Gasteiger partial charge < -0.3 is 18.9 Å². The minimum Gasteiger partial charge on any atom is -0.493 e. The van der Waals surface area contributed by atoms with Crippen molar-refractivity contribution < 1.29 is 23.7 Å². The van der Waals surface area contributed by atoms with E-state index in [0.717, 1.165) is 0 Å². The van der Waals surface area contributed by atoms with E-state index in [9.17, 15) is 4.79 Å². The van der Waals surface area contributed by atoms with Crippen LogP contribution in [0.25, 0.3) is 0 Å². The number of nitrogens with zero attached hydrogens (tertiary/aromatic N) is 1. The van der Waals surface area contributed by atoms with Crippen LogP contribution in [0, 0.1) is 0 Å².